The van der Waals surface area contributed by atoms with Crippen LogP contribution in [0.15, 0.2) is 29.7 Å². The molecule has 0 aromatic heterocycles. The van der Waals surface area contributed by atoms with Gasteiger partial charge in [-0.15, -0.1) is 0 Å². The van der Waals surface area contributed by atoms with Gasteiger partial charge in [-0.25, -0.2) is 4.79 Å². The van der Waals surface area contributed by atoms with E-state index in [2.05, 4.69) is 5.32 Å². The van der Waals surface area contributed by atoms with E-state index >= 15 is 0 Å². The van der Waals surface area contributed by atoms with Crippen molar-refractivity contribution in [2.45, 2.75) is 71.7 Å². The van der Waals surface area contributed by atoms with Crippen LogP contribution in [-0.2, 0) is 14.0 Å². The van der Waals surface area contributed by atoms with Crippen molar-refractivity contribution >= 4 is 25.1 Å². The predicted octanol–water partition coefficient (Wildman–Crippen LogP) is 4.32. The molecule has 1 fully saturated rings. The molecule has 2 rings (SSSR count). The molecule has 0 spiro atoms. The second-order valence-electron chi connectivity index (χ2n) is 9.54. The minimum atomic E-state index is -0.653. The maximum absolute atomic E-state index is 12.2. The number of nitrogens with one attached hydrogen (secondary N) is 1. The zero-order valence-corrected chi connectivity index (χ0v) is 19.4. The molecule has 8 heteroatoms. The van der Waals surface area contributed by atoms with E-state index in [1.165, 1.54) is 0 Å². The first-order valence-corrected chi connectivity index (χ1v) is 10.3. The van der Waals surface area contributed by atoms with Crippen LogP contribution in [-0.4, -0.2) is 42.3 Å². The summed E-state index contributed by atoms with van der Waals surface area (Å²) in [6.07, 6.45) is 1.17. The number of rotatable bonds is 6. The maximum Gasteiger partial charge on any atom is 0.492 e. The Morgan fingerprint density at radius 3 is 2.16 bits per heavy atom. The number of carbonyl (C=O) groups excluding carboxylic acids is 2. The van der Waals surface area contributed by atoms with Crippen LogP contribution in [0.1, 0.15) is 70.8 Å². The summed E-state index contributed by atoms with van der Waals surface area (Å²) in [5, 5.41) is 11.5. The lowest BCUT2D eigenvalue weighted by atomic mass is 9.77. The Morgan fingerprint density at radius 1 is 1.13 bits per heavy atom. The Labute approximate surface area is 184 Å². The number of carbonyl (C=O) groups is 2. The minimum absolute atomic E-state index is 0.159. The van der Waals surface area contributed by atoms with Gasteiger partial charge in [0.15, 0.2) is 5.78 Å². The second-order valence-corrected chi connectivity index (χ2v) is 9.54. The second kappa shape index (κ2) is 9.25. The highest BCUT2D eigenvalue weighted by molar-refractivity contribution is 6.56. The smallest absolute Gasteiger partial charge is 0.444 e. The number of alkyl carbamates (subject to hydrolysis) is 1. The van der Waals surface area contributed by atoms with E-state index in [0.29, 0.717) is 11.0 Å². The van der Waals surface area contributed by atoms with E-state index in [9.17, 15) is 9.59 Å². The van der Waals surface area contributed by atoms with Gasteiger partial charge in [0, 0.05) is 12.1 Å². The van der Waals surface area contributed by atoms with Gasteiger partial charge in [0.25, 0.3) is 0 Å². The van der Waals surface area contributed by atoms with E-state index in [1.54, 1.807) is 45.0 Å². The molecule has 1 aromatic rings. The number of Topliss-reactive ketones (excluding diaryl/α,β-unsaturated/α-hetero) is 1. The average molecular weight is 426 g/mol. The summed E-state index contributed by atoms with van der Waals surface area (Å²) in [5.74, 6) is -0.226. The van der Waals surface area contributed by atoms with Crippen molar-refractivity contribution in [1.29, 1.82) is 5.26 Å². The quantitative estimate of drug-likeness (QED) is 0.537. The molecule has 1 N–H and O–H groups in total. The van der Waals surface area contributed by atoms with Crippen molar-refractivity contribution in [3.8, 4) is 6.07 Å². The van der Waals surface area contributed by atoms with Crippen molar-refractivity contribution in [3.05, 3.63) is 40.9 Å². The largest absolute Gasteiger partial charge is 0.492 e. The van der Waals surface area contributed by atoms with Crippen molar-refractivity contribution in [2.24, 2.45) is 0 Å². The number of nitriles is 1. The van der Waals surface area contributed by atoms with E-state index in [1.807, 2.05) is 39.8 Å². The lowest BCUT2D eigenvalue weighted by Gasteiger charge is -2.32. The van der Waals surface area contributed by atoms with E-state index < -0.39 is 30.0 Å². The lowest BCUT2D eigenvalue weighted by molar-refractivity contribution is 0.00578. The molecule has 1 saturated heterocycles. The fourth-order valence-electron chi connectivity index (χ4n) is 2.84. The Morgan fingerprint density at radius 2 is 1.68 bits per heavy atom. The third-order valence-corrected chi connectivity index (χ3v) is 5.22. The molecular weight excluding hydrogens is 395 g/mol. The fraction of sp³-hybridized carbons (Fsp3) is 0.522. The molecule has 1 aliphatic rings. The number of nitrogens with zero attached hydrogens (tertiary/aromatic N) is 1. The Hall–Kier alpha value is -2.63. The molecule has 166 valence electrons. The fourth-order valence-corrected chi connectivity index (χ4v) is 2.84. The summed E-state index contributed by atoms with van der Waals surface area (Å²) < 4.78 is 17.6. The highest BCUT2D eigenvalue weighted by atomic mass is 16.7. The van der Waals surface area contributed by atoms with Crippen molar-refractivity contribution in [1.82, 2.24) is 5.32 Å². The molecule has 0 saturated carbocycles. The molecule has 1 aromatic carbocycles. The van der Waals surface area contributed by atoms with Crippen molar-refractivity contribution in [2.75, 3.05) is 6.54 Å². The van der Waals surface area contributed by atoms with Gasteiger partial charge in [-0.05, 0) is 59.5 Å². The van der Waals surface area contributed by atoms with Crippen LogP contribution >= 0.6 is 0 Å². The van der Waals surface area contributed by atoms with Crippen LogP contribution in [0.3, 0.4) is 0 Å². The molecule has 31 heavy (non-hydrogen) atoms. The van der Waals surface area contributed by atoms with Gasteiger partial charge in [0.05, 0.1) is 23.7 Å². The monoisotopic (exact) mass is 426 g/mol. The molecule has 1 heterocycles. The summed E-state index contributed by atoms with van der Waals surface area (Å²) in [6, 6.07) is 8.77. The zero-order chi connectivity index (χ0) is 23.4. The molecule has 0 atom stereocenters. The average Bonchev–Trinajstić information content (AvgIpc) is 2.85. The first kappa shape index (κ1) is 24.6. The number of ketones is 1. The number of amides is 1. The SMILES string of the molecule is CC(C)(C)OC(=O)NCC(=Cc1ccc(C(=O)CC#N)cc1)B1OC(C)(C)C(C)(C)O1. The van der Waals surface area contributed by atoms with Gasteiger partial charge in [0.1, 0.15) is 5.60 Å². The van der Waals surface area contributed by atoms with Gasteiger partial charge < -0.3 is 19.4 Å². The molecule has 0 bridgehead atoms. The summed E-state index contributed by atoms with van der Waals surface area (Å²) in [4.78, 5) is 24.0. The van der Waals surface area contributed by atoms with Crippen LogP contribution in [0.25, 0.3) is 6.08 Å². The van der Waals surface area contributed by atoms with Crippen LogP contribution in [0, 0.1) is 11.3 Å². The summed E-state index contributed by atoms with van der Waals surface area (Å²) in [7, 11) is -0.653. The van der Waals surface area contributed by atoms with Crippen LogP contribution in [0.5, 0.6) is 0 Å². The van der Waals surface area contributed by atoms with E-state index in [-0.39, 0.29) is 18.7 Å². The summed E-state index contributed by atoms with van der Waals surface area (Å²) in [5.41, 5.74) is 0.323. The lowest BCUT2D eigenvalue weighted by Crippen LogP contribution is -2.41. The first-order valence-electron chi connectivity index (χ1n) is 10.3. The van der Waals surface area contributed by atoms with Crippen LogP contribution in [0.2, 0.25) is 0 Å². The third-order valence-electron chi connectivity index (χ3n) is 5.22. The molecule has 1 amide bonds. The Balaban J connectivity index is 2.26. The van der Waals surface area contributed by atoms with Crippen LogP contribution in [0.4, 0.5) is 4.79 Å². The van der Waals surface area contributed by atoms with Crippen molar-refractivity contribution < 1.29 is 23.6 Å². The topological polar surface area (TPSA) is 97.7 Å². The van der Waals surface area contributed by atoms with Crippen molar-refractivity contribution in [3.63, 3.8) is 0 Å². The Kier molecular flexibility index (Phi) is 7.35. The van der Waals surface area contributed by atoms with Gasteiger partial charge in [0.2, 0.25) is 0 Å². The number of hydrogen-bond donors (Lipinski definition) is 1. The maximum atomic E-state index is 12.2. The number of benzene rings is 1. The molecular formula is C23H31BN2O5. The number of hydrogen-bond acceptors (Lipinski definition) is 6. The first-order chi connectivity index (χ1) is 14.2. The van der Waals surface area contributed by atoms with E-state index in [4.69, 9.17) is 19.3 Å². The summed E-state index contributed by atoms with van der Waals surface area (Å²) >= 11 is 0. The standard InChI is InChI=1S/C23H31BN2O5/c1-21(2,3)29-20(28)26-15-18(24-30-22(4,5)23(6,7)31-24)14-16-8-10-17(11-9-16)19(27)12-13-25/h8-11,14H,12,15H2,1-7H3,(H,26,28). The third kappa shape index (κ3) is 6.68. The highest BCUT2D eigenvalue weighted by Gasteiger charge is 2.52. The minimum Gasteiger partial charge on any atom is -0.444 e. The summed E-state index contributed by atoms with van der Waals surface area (Å²) in [6.45, 7) is 13.4. The molecule has 0 unspecified atom stereocenters. The molecule has 7 nitrogen and oxygen atoms in total. The predicted molar refractivity (Wildman–Crippen MR) is 119 cm³/mol. The van der Waals surface area contributed by atoms with Gasteiger partial charge >= 0.3 is 13.2 Å². The van der Waals surface area contributed by atoms with Crippen LogP contribution < -0.4 is 5.32 Å². The number of ether oxygens (including phenoxy) is 1. The van der Waals surface area contributed by atoms with E-state index in [0.717, 1.165) is 5.56 Å². The molecule has 0 radical (unpaired) electrons. The van der Waals surface area contributed by atoms with Gasteiger partial charge in [-0.2, -0.15) is 5.26 Å². The molecule has 0 aliphatic carbocycles. The Bertz CT molecular complexity index is 876. The zero-order valence-electron chi connectivity index (χ0n) is 19.4. The van der Waals surface area contributed by atoms with Gasteiger partial charge in [-0.1, -0.05) is 30.3 Å². The molecule has 1 aliphatic heterocycles. The highest BCUT2D eigenvalue weighted by Crippen LogP contribution is 2.38. The van der Waals surface area contributed by atoms with Gasteiger partial charge in [-0.3, -0.25) is 4.79 Å². The normalized spacial score (nSPS) is 17.7.